The molecule has 1 spiro atoms. The van der Waals surface area contributed by atoms with Gasteiger partial charge in [0.15, 0.2) is 5.79 Å². The molecular weight excluding hydrogens is 272 g/mol. The lowest BCUT2D eigenvalue weighted by molar-refractivity contribution is -0.215. The molecule has 1 saturated heterocycles. The molecule has 0 aliphatic carbocycles. The first kappa shape index (κ1) is 13.7. The fourth-order valence-electron chi connectivity index (χ4n) is 3.46. The molecule has 2 aliphatic heterocycles. The van der Waals surface area contributed by atoms with Crippen LogP contribution in [0.2, 0.25) is 0 Å². The summed E-state index contributed by atoms with van der Waals surface area (Å²) in [6, 6.07) is 21.0. The van der Waals surface area contributed by atoms with Gasteiger partial charge < -0.3 is 9.47 Å². The summed E-state index contributed by atoms with van der Waals surface area (Å²) in [6.45, 7) is 0.778. The van der Waals surface area contributed by atoms with Gasteiger partial charge in [-0.2, -0.15) is 0 Å². The van der Waals surface area contributed by atoms with Gasteiger partial charge >= 0.3 is 0 Å². The highest BCUT2D eigenvalue weighted by Crippen LogP contribution is 2.45. The molecule has 0 saturated carbocycles. The molecule has 2 heterocycles. The molecule has 22 heavy (non-hydrogen) atoms. The molecule has 0 bridgehead atoms. The summed E-state index contributed by atoms with van der Waals surface area (Å²) in [7, 11) is 0. The summed E-state index contributed by atoms with van der Waals surface area (Å²) in [6.07, 6.45) is 7.13. The summed E-state index contributed by atoms with van der Waals surface area (Å²) in [5, 5.41) is 0. The van der Waals surface area contributed by atoms with E-state index in [1.165, 1.54) is 11.1 Å². The van der Waals surface area contributed by atoms with Crippen LogP contribution in [0.4, 0.5) is 0 Å². The lowest BCUT2D eigenvalue weighted by atomic mass is 9.87. The normalized spacial score (nSPS) is 30.2. The first-order valence-corrected chi connectivity index (χ1v) is 7.94. The Hall–Kier alpha value is -1.90. The Balaban J connectivity index is 1.72. The molecule has 0 radical (unpaired) electrons. The summed E-state index contributed by atoms with van der Waals surface area (Å²) >= 11 is 0. The van der Waals surface area contributed by atoms with Crippen LogP contribution in [0.3, 0.4) is 0 Å². The molecule has 2 nitrogen and oxygen atoms in total. The smallest absolute Gasteiger partial charge is 0.189 e. The lowest BCUT2D eigenvalue weighted by Gasteiger charge is -2.33. The van der Waals surface area contributed by atoms with Crippen molar-refractivity contribution in [2.24, 2.45) is 0 Å². The zero-order chi connectivity index (χ0) is 14.9. The van der Waals surface area contributed by atoms with Crippen LogP contribution in [0.5, 0.6) is 0 Å². The van der Waals surface area contributed by atoms with Gasteiger partial charge in [0.2, 0.25) is 0 Å². The van der Waals surface area contributed by atoms with Crippen molar-refractivity contribution in [3.8, 4) is 0 Å². The Bertz CT molecular complexity index is 657. The van der Waals surface area contributed by atoms with Crippen LogP contribution in [0.25, 0.3) is 0 Å². The number of hydrogen-bond donors (Lipinski definition) is 0. The highest BCUT2D eigenvalue weighted by Gasteiger charge is 2.48. The fraction of sp³-hybridized carbons (Fsp3) is 0.300. The number of benzene rings is 2. The maximum atomic E-state index is 6.55. The van der Waals surface area contributed by atoms with Crippen LogP contribution in [0, 0.1) is 0 Å². The minimum absolute atomic E-state index is 0.438. The second-order valence-corrected chi connectivity index (χ2v) is 6.12. The second kappa shape index (κ2) is 5.38. The van der Waals surface area contributed by atoms with Gasteiger partial charge in [-0.1, -0.05) is 60.7 Å². The summed E-state index contributed by atoms with van der Waals surface area (Å²) in [5.74, 6) is -0.523. The third-order valence-electron chi connectivity index (χ3n) is 4.55. The van der Waals surface area contributed by atoms with E-state index in [1.54, 1.807) is 0 Å². The van der Waals surface area contributed by atoms with Crippen LogP contribution >= 0.6 is 0 Å². The largest absolute Gasteiger partial charge is 0.346 e. The monoisotopic (exact) mass is 292 g/mol. The molecule has 2 aromatic carbocycles. The van der Waals surface area contributed by atoms with Crippen LogP contribution in [-0.4, -0.2) is 12.4 Å². The Kier molecular flexibility index (Phi) is 3.36. The highest BCUT2D eigenvalue weighted by atomic mass is 16.7. The zero-order valence-electron chi connectivity index (χ0n) is 12.6. The maximum Gasteiger partial charge on any atom is 0.189 e. The first-order valence-electron chi connectivity index (χ1n) is 7.94. The Morgan fingerprint density at radius 3 is 2.27 bits per heavy atom. The van der Waals surface area contributed by atoms with Crippen LogP contribution in [-0.2, 0) is 21.5 Å². The minimum atomic E-state index is -0.523. The third-order valence-corrected chi connectivity index (χ3v) is 4.55. The van der Waals surface area contributed by atoms with E-state index in [2.05, 4.69) is 60.7 Å². The molecule has 2 atom stereocenters. The van der Waals surface area contributed by atoms with Crippen molar-refractivity contribution in [2.75, 3.05) is 6.61 Å². The molecule has 2 aromatic rings. The Morgan fingerprint density at radius 1 is 0.864 bits per heavy atom. The minimum Gasteiger partial charge on any atom is -0.346 e. The Morgan fingerprint density at radius 2 is 1.59 bits per heavy atom. The van der Waals surface area contributed by atoms with Crippen LogP contribution in [0.15, 0.2) is 72.8 Å². The van der Waals surface area contributed by atoms with Crippen molar-refractivity contribution >= 4 is 0 Å². The average Bonchev–Trinajstić information content (AvgIpc) is 3.18. The quantitative estimate of drug-likeness (QED) is 0.789. The van der Waals surface area contributed by atoms with Gasteiger partial charge in [-0.3, -0.25) is 0 Å². The van der Waals surface area contributed by atoms with Gasteiger partial charge in [0, 0.05) is 12.8 Å². The van der Waals surface area contributed by atoms with E-state index in [0.717, 1.165) is 25.9 Å². The molecular formula is C20H20O2. The molecule has 2 unspecified atom stereocenters. The van der Waals surface area contributed by atoms with Gasteiger partial charge in [0.05, 0.1) is 6.61 Å². The predicted molar refractivity (Wildman–Crippen MR) is 86.4 cm³/mol. The molecule has 0 aromatic heterocycles. The molecule has 4 rings (SSSR count). The van der Waals surface area contributed by atoms with E-state index in [-0.39, 0.29) is 0 Å². The molecule has 1 fully saturated rings. The van der Waals surface area contributed by atoms with Crippen LogP contribution < -0.4 is 0 Å². The van der Waals surface area contributed by atoms with E-state index in [4.69, 9.17) is 9.47 Å². The van der Waals surface area contributed by atoms with Crippen molar-refractivity contribution in [3.63, 3.8) is 0 Å². The number of hydrogen-bond acceptors (Lipinski definition) is 2. The first-order chi connectivity index (χ1) is 10.8. The summed E-state index contributed by atoms with van der Waals surface area (Å²) in [4.78, 5) is 0. The van der Waals surface area contributed by atoms with Gasteiger partial charge in [-0.15, -0.1) is 0 Å². The third kappa shape index (κ3) is 2.39. The SMILES string of the molecule is C1=CC(Cc2ccccc2)(c2ccccc2)OC12CCCO2. The van der Waals surface area contributed by atoms with Crippen LogP contribution in [0.1, 0.15) is 24.0 Å². The molecule has 2 heteroatoms. The number of ether oxygens (including phenoxy) is 2. The molecule has 0 N–H and O–H groups in total. The van der Waals surface area contributed by atoms with Gasteiger partial charge in [-0.05, 0) is 29.7 Å². The topological polar surface area (TPSA) is 18.5 Å². The van der Waals surface area contributed by atoms with E-state index in [1.807, 2.05) is 12.1 Å². The van der Waals surface area contributed by atoms with E-state index < -0.39 is 11.4 Å². The molecule has 112 valence electrons. The van der Waals surface area contributed by atoms with E-state index in [0.29, 0.717) is 0 Å². The zero-order valence-corrected chi connectivity index (χ0v) is 12.6. The average molecular weight is 292 g/mol. The van der Waals surface area contributed by atoms with E-state index in [9.17, 15) is 0 Å². The van der Waals surface area contributed by atoms with Crippen molar-refractivity contribution in [1.29, 1.82) is 0 Å². The summed E-state index contributed by atoms with van der Waals surface area (Å²) < 4.78 is 12.5. The van der Waals surface area contributed by atoms with Gasteiger partial charge in [-0.25, -0.2) is 0 Å². The van der Waals surface area contributed by atoms with Crippen molar-refractivity contribution in [3.05, 3.63) is 83.9 Å². The number of rotatable bonds is 3. The van der Waals surface area contributed by atoms with Gasteiger partial charge in [0.1, 0.15) is 5.60 Å². The molecule has 2 aliphatic rings. The second-order valence-electron chi connectivity index (χ2n) is 6.12. The van der Waals surface area contributed by atoms with Crippen molar-refractivity contribution < 1.29 is 9.47 Å². The standard InChI is InChI=1S/C20H20O2/c1-3-8-17(9-4-1)16-19(18-10-5-2-6-11-18)13-14-20(22-19)12-7-15-21-20/h1-6,8-11,13-14H,7,12,15-16H2. The highest BCUT2D eigenvalue weighted by molar-refractivity contribution is 5.35. The molecule has 0 amide bonds. The fourth-order valence-corrected chi connectivity index (χ4v) is 3.46. The summed E-state index contributed by atoms with van der Waals surface area (Å²) in [5.41, 5.74) is 2.01. The Labute approximate surface area is 131 Å². The predicted octanol–water partition coefficient (Wildman–Crippen LogP) is 4.22. The lowest BCUT2D eigenvalue weighted by Crippen LogP contribution is -2.36. The maximum absolute atomic E-state index is 6.55. The van der Waals surface area contributed by atoms with Gasteiger partial charge in [0.25, 0.3) is 0 Å². The van der Waals surface area contributed by atoms with Crippen molar-refractivity contribution in [1.82, 2.24) is 0 Å². The van der Waals surface area contributed by atoms with Crippen molar-refractivity contribution in [2.45, 2.75) is 30.7 Å². The van der Waals surface area contributed by atoms with E-state index >= 15 is 0 Å².